The van der Waals surface area contributed by atoms with Gasteiger partial charge in [0.15, 0.2) is 0 Å². The summed E-state index contributed by atoms with van der Waals surface area (Å²) in [5.41, 5.74) is -0.689. The van der Waals surface area contributed by atoms with Gasteiger partial charge >= 0.3 is 6.18 Å². The Balaban J connectivity index is 2.26. The Hall–Kier alpha value is -0.570. The minimum atomic E-state index is -4.40. The Kier molecular flexibility index (Phi) is 4.72. The maximum absolute atomic E-state index is 12.5. The van der Waals surface area contributed by atoms with Gasteiger partial charge in [-0.3, -0.25) is 0 Å². The van der Waals surface area contributed by atoms with Crippen molar-refractivity contribution >= 4 is 37.6 Å². The molecule has 1 aromatic rings. The molecule has 1 heterocycles. The fourth-order valence-corrected chi connectivity index (χ4v) is 3.97. The zero-order valence-electron chi connectivity index (χ0n) is 10.5. The molecule has 9 heteroatoms. The van der Waals surface area contributed by atoms with Crippen molar-refractivity contribution in [3.8, 4) is 0 Å². The van der Waals surface area contributed by atoms with E-state index in [1.54, 1.807) is 0 Å². The number of halogens is 5. The van der Waals surface area contributed by atoms with Crippen LogP contribution in [0.1, 0.15) is 6.42 Å². The lowest BCUT2D eigenvalue weighted by Crippen LogP contribution is -2.36. The van der Waals surface area contributed by atoms with Gasteiger partial charge in [0.2, 0.25) is 10.0 Å². The lowest BCUT2D eigenvalue weighted by atomic mass is 10.1. The normalized spacial score (nSPS) is 17.7. The van der Waals surface area contributed by atoms with E-state index in [1.807, 2.05) is 0 Å². The predicted octanol–water partition coefficient (Wildman–Crippen LogP) is 3.99. The first-order valence-corrected chi connectivity index (χ1v) is 8.45. The number of sulfonamides is 1. The molecule has 1 aromatic carbocycles. The van der Waals surface area contributed by atoms with Crippen LogP contribution in [0.25, 0.3) is 0 Å². The average molecular weight is 405 g/mol. The van der Waals surface area contributed by atoms with E-state index >= 15 is 0 Å². The standard InChI is InChI=1S/C12H10BrClF3NO2S/c13-10-7-9(1-2-11(10)14)21(19,20)18-5-3-8(4-6-18)12(15,16)17/h1-3,7H,4-6H2. The van der Waals surface area contributed by atoms with Gasteiger partial charge in [-0.15, -0.1) is 0 Å². The lowest BCUT2D eigenvalue weighted by Gasteiger charge is -2.26. The van der Waals surface area contributed by atoms with Crippen LogP contribution >= 0.6 is 27.5 Å². The summed E-state index contributed by atoms with van der Waals surface area (Å²) < 4.78 is 63.7. The molecule has 0 aromatic heterocycles. The summed E-state index contributed by atoms with van der Waals surface area (Å²) in [5, 5.41) is 0.354. The largest absolute Gasteiger partial charge is 0.412 e. The highest BCUT2D eigenvalue weighted by Crippen LogP contribution is 2.32. The minimum Gasteiger partial charge on any atom is -0.207 e. The molecule has 1 aliphatic rings. The molecule has 0 aliphatic carbocycles. The van der Waals surface area contributed by atoms with Crippen molar-refractivity contribution in [3.05, 3.63) is 39.3 Å². The Morgan fingerprint density at radius 2 is 1.95 bits per heavy atom. The number of nitrogens with zero attached hydrogens (tertiary/aromatic N) is 1. The van der Waals surface area contributed by atoms with Crippen LogP contribution in [0.3, 0.4) is 0 Å². The fourth-order valence-electron chi connectivity index (χ4n) is 1.91. The summed E-state index contributed by atoms with van der Waals surface area (Å²) >= 11 is 8.92. The summed E-state index contributed by atoms with van der Waals surface area (Å²) in [6.07, 6.45) is -3.84. The Bertz CT molecular complexity index is 688. The zero-order valence-corrected chi connectivity index (χ0v) is 13.7. The first kappa shape index (κ1) is 16.8. The van der Waals surface area contributed by atoms with E-state index in [0.29, 0.717) is 9.50 Å². The summed E-state index contributed by atoms with van der Waals surface area (Å²) in [6, 6.07) is 4.07. The van der Waals surface area contributed by atoms with E-state index in [-0.39, 0.29) is 24.4 Å². The number of hydrogen-bond acceptors (Lipinski definition) is 2. The molecule has 21 heavy (non-hydrogen) atoms. The van der Waals surface area contributed by atoms with Crippen LogP contribution in [0.2, 0.25) is 5.02 Å². The molecule has 0 bridgehead atoms. The van der Waals surface area contributed by atoms with Crippen LogP contribution in [0.15, 0.2) is 39.2 Å². The van der Waals surface area contributed by atoms with Crippen molar-refractivity contribution in [1.82, 2.24) is 4.31 Å². The molecule has 0 saturated carbocycles. The quantitative estimate of drug-likeness (QED) is 0.699. The first-order chi connectivity index (χ1) is 9.62. The van der Waals surface area contributed by atoms with E-state index in [2.05, 4.69) is 15.9 Å². The second-order valence-corrected chi connectivity index (χ2v) is 7.62. The molecular formula is C12H10BrClF3NO2S. The average Bonchev–Trinajstić information content (AvgIpc) is 2.41. The molecule has 0 fully saturated rings. The third-order valence-corrected chi connectivity index (χ3v) is 6.14. The van der Waals surface area contributed by atoms with Gasteiger partial charge < -0.3 is 0 Å². The maximum Gasteiger partial charge on any atom is 0.412 e. The molecule has 116 valence electrons. The topological polar surface area (TPSA) is 37.4 Å². The van der Waals surface area contributed by atoms with Crippen LogP contribution in [-0.2, 0) is 10.0 Å². The van der Waals surface area contributed by atoms with Crippen molar-refractivity contribution in [2.24, 2.45) is 0 Å². The molecule has 0 amide bonds. The SMILES string of the molecule is O=S(=O)(c1ccc(Cl)c(Br)c1)N1CC=C(C(F)(F)F)CC1. The highest BCUT2D eigenvalue weighted by molar-refractivity contribution is 9.10. The molecule has 0 spiro atoms. The molecule has 2 rings (SSSR count). The van der Waals surface area contributed by atoms with E-state index in [1.165, 1.54) is 18.2 Å². The molecule has 0 radical (unpaired) electrons. The Morgan fingerprint density at radius 1 is 1.29 bits per heavy atom. The number of rotatable bonds is 2. The number of hydrogen-bond donors (Lipinski definition) is 0. The van der Waals surface area contributed by atoms with Crippen LogP contribution in [-0.4, -0.2) is 32.0 Å². The van der Waals surface area contributed by atoms with Crippen LogP contribution in [0.5, 0.6) is 0 Å². The van der Waals surface area contributed by atoms with E-state index < -0.39 is 21.8 Å². The van der Waals surface area contributed by atoms with Gasteiger partial charge in [-0.25, -0.2) is 8.42 Å². The van der Waals surface area contributed by atoms with E-state index in [9.17, 15) is 21.6 Å². The van der Waals surface area contributed by atoms with E-state index in [4.69, 9.17) is 11.6 Å². The Morgan fingerprint density at radius 3 is 2.43 bits per heavy atom. The van der Waals surface area contributed by atoms with E-state index in [0.717, 1.165) is 10.4 Å². The van der Waals surface area contributed by atoms with Gasteiger partial charge in [-0.1, -0.05) is 17.7 Å². The predicted molar refractivity (Wildman–Crippen MR) is 76.7 cm³/mol. The highest BCUT2D eigenvalue weighted by Gasteiger charge is 2.37. The fraction of sp³-hybridized carbons (Fsp3) is 0.333. The van der Waals surface area contributed by atoms with Crippen LogP contribution in [0, 0.1) is 0 Å². The van der Waals surface area contributed by atoms with Gasteiger partial charge in [0.05, 0.1) is 9.92 Å². The van der Waals surface area contributed by atoms with Crippen molar-refractivity contribution < 1.29 is 21.6 Å². The van der Waals surface area contributed by atoms with Gasteiger partial charge in [-0.05, 0) is 40.5 Å². The summed E-state index contributed by atoms with van der Waals surface area (Å²) in [6.45, 7) is -0.495. The molecule has 0 atom stereocenters. The minimum absolute atomic E-state index is 0.0115. The zero-order chi connectivity index (χ0) is 15.8. The summed E-state index contributed by atoms with van der Waals surface area (Å²) in [7, 11) is -3.84. The van der Waals surface area contributed by atoms with Gasteiger partial charge in [-0.2, -0.15) is 17.5 Å². The molecule has 1 aliphatic heterocycles. The molecular weight excluding hydrogens is 395 g/mol. The summed E-state index contributed by atoms with van der Waals surface area (Å²) in [5.74, 6) is 0. The van der Waals surface area contributed by atoms with Crippen molar-refractivity contribution in [2.45, 2.75) is 17.5 Å². The van der Waals surface area contributed by atoms with Gasteiger partial charge in [0.1, 0.15) is 0 Å². The lowest BCUT2D eigenvalue weighted by molar-refractivity contribution is -0.0953. The highest BCUT2D eigenvalue weighted by atomic mass is 79.9. The second kappa shape index (κ2) is 5.91. The van der Waals surface area contributed by atoms with Crippen LogP contribution < -0.4 is 0 Å². The van der Waals surface area contributed by atoms with Crippen LogP contribution in [0.4, 0.5) is 13.2 Å². The number of benzene rings is 1. The third-order valence-electron chi connectivity index (χ3n) is 3.06. The molecule has 0 N–H and O–H groups in total. The van der Waals surface area contributed by atoms with Crippen molar-refractivity contribution in [2.75, 3.05) is 13.1 Å². The van der Waals surface area contributed by atoms with Crippen molar-refractivity contribution in [1.29, 1.82) is 0 Å². The molecule has 3 nitrogen and oxygen atoms in total. The maximum atomic E-state index is 12.5. The smallest absolute Gasteiger partial charge is 0.207 e. The second-order valence-electron chi connectivity index (χ2n) is 4.42. The van der Waals surface area contributed by atoms with Crippen molar-refractivity contribution in [3.63, 3.8) is 0 Å². The van der Waals surface area contributed by atoms with Gasteiger partial charge in [0, 0.05) is 23.1 Å². The number of alkyl halides is 3. The van der Waals surface area contributed by atoms with Gasteiger partial charge in [0.25, 0.3) is 0 Å². The molecule has 0 unspecified atom stereocenters. The Labute approximate surface area is 133 Å². The monoisotopic (exact) mass is 403 g/mol. The summed E-state index contributed by atoms with van der Waals surface area (Å²) in [4.78, 5) is -0.0115. The third kappa shape index (κ3) is 3.61. The molecule has 0 saturated heterocycles. The first-order valence-electron chi connectivity index (χ1n) is 5.84.